The third kappa shape index (κ3) is 2.99. The van der Waals surface area contributed by atoms with Crippen molar-refractivity contribution in [1.29, 1.82) is 0 Å². The average molecular weight is 285 g/mol. The van der Waals surface area contributed by atoms with E-state index in [4.69, 9.17) is 5.73 Å². The largest absolute Gasteiger partial charge is 0.397 e. The summed E-state index contributed by atoms with van der Waals surface area (Å²) in [6.07, 6.45) is 4.98. The number of amides is 1. The molecule has 0 fully saturated rings. The molecule has 110 valence electrons. The quantitative estimate of drug-likeness (QED) is 0.748. The van der Waals surface area contributed by atoms with Crippen molar-refractivity contribution in [3.05, 3.63) is 36.2 Å². The fraction of sp³-hybridized carbons (Fsp3) is 0.333. The summed E-state index contributed by atoms with van der Waals surface area (Å²) in [7, 11) is 0. The number of anilines is 3. The van der Waals surface area contributed by atoms with Gasteiger partial charge in [-0.2, -0.15) is 5.10 Å². The van der Waals surface area contributed by atoms with Crippen molar-refractivity contribution in [2.24, 2.45) is 0 Å². The summed E-state index contributed by atoms with van der Waals surface area (Å²) >= 11 is 0. The first-order valence-electron chi connectivity index (χ1n) is 7.08. The Morgan fingerprint density at radius 3 is 3.10 bits per heavy atom. The normalized spacial score (nSPS) is 15.2. The standard InChI is InChI=1S/C15H19N5O/c1-10(9-20-6-2-5-17-20)18-14-7-11-3-4-15(21)19-13(11)8-12(14)16/h2,5-8,10,18H,3-4,9,16H2,1H3,(H,19,21). The smallest absolute Gasteiger partial charge is 0.224 e. The molecule has 4 N–H and O–H groups in total. The van der Waals surface area contributed by atoms with Crippen molar-refractivity contribution >= 4 is 23.0 Å². The number of aromatic nitrogens is 2. The van der Waals surface area contributed by atoms with E-state index in [1.54, 1.807) is 6.20 Å². The Balaban J connectivity index is 1.75. The number of benzene rings is 1. The number of rotatable bonds is 4. The molecule has 6 heteroatoms. The predicted octanol–water partition coefficient (Wildman–Crippen LogP) is 1.85. The van der Waals surface area contributed by atoms with Crippen molar-refractivity contribution in [3.8, 4) is 0 Å². The molecule has 0 saturated carbocycles. The van der Waals surface area contributed by atoms with Crippen LogP contribution in [-0.2, 0) is 17.8 Å². The van der Waals surface area contributed by atoms with E-state index >= 15 is 0 Å². The van der Waals surface area contributed by atoms with Gasteiger partial charge in [0, 0.05) is 30.5 Å². The zero-order chi connectivity index (χ0) is 14.8. The molecule has 0 aliphatic carbocycles. The molecule has 0 radical (unpaired) electrons. The van der Waals surface area contributed by atoms with Crippen molar-refractivity contribution in [1.82, 2.24) is 9.78 Å². The number of fused-ring (bicyclic) bond motifs is 1. The Hall–Kier alpha value is -2.50. The highest BCUT2D eigenvalue weighted by molar-refractivity contribution is 5.95. The Bertz CT molecular complexity index is 650. The second kappa shape index (κ2) is 5.47. The van der Waals surface area contributed by atoms with Crippen LogP contribution in [0.5, 0.6) is 0 Å². The van der Waals surface area contributed by atoms with Gasteiger partial charge in [-0.25, -0.2) is 0 Å². The molecule has 3 rings (SSSR count). The summed E-state index contributed by atoms with van der Waals surface area (Å²) in [5.41, 5.74) is 9.58. The number of nitrogens with two attached hydrogens (primary N) is 1. The molecule has 1 unspecified atom stereocenters. The zero-order valence-corrected chi connectivity index (χ0v) is 12.0. The van der Waals surface area contributed by atoms with Crippen molar-refractivity contribution in [2.45, 2.75) is 32.4 Å². The maximum Gasteiger partial charge on any atom is 0.224 e. The lowest BCUT2D eigenvalue weighted by Gasteiger charge is -2.22. The number of hydrogen-bond donors (Lipinski definition) is 3. The third-order valence-corrected chi connectivity index (χ3v) is 3.59. The summed E-state index contributed by atoms with van der Waals surface area (Å²) in [5.74, 6) is 0.0506. The molecule has 1 aliphatic heterocycles. The summed E-state index contributed by atoms with van der Waals surface area (Å²) in [4.78, 5) is 11.4. The van der Waals surface area contributed by atoms with Crippen molar-refractivity contribution in [3.63, 3.8) is 0 Å². The minimum absolute atomic E-state index is 0.0506. The SMILES string of the molecule is CC(Cn1cccn1)Nc1cc2c(cc1N)NC(=O)CC2. The van der Waals surface area contributed by atoms with Crippen LogP contribution in [0.1, 0.15) is 18.9 Å². The maximum atomic E-state index is 11.4. The highest BCUT2D eigenvalue weighted by Crippen LogP contribution is 2.31. The number of carbonyl (C=O) groups is 1. The molecule has 0 bridgehead atoms. The van der Waals surface area contributed by atoms with Gasteiger partial charge < -0.3 is 16.4 Å². The van der Waals surface area contributed by atoms with Gasteiger partial charge in [0.1, 0.15) is 0 Å². The van der Waals surface area contributed by atoms with Gasteiger partial charge in [0.25, 0.3) is 0 Å². The van der Waals surface area contributed by atoms with Crippen LogP contribution in [0.3, 0.4) is 0 Å². The molecule has 1 atom stereocenters. The highest BCUT2D eigenvalue weighted by Gasteiger charge is 2.17. The van der Waals surface area contributed by atoms with E-state index in [1.165, 1.54) is 0 Å². The molecule has 1 amide bonds. The van der Waals surface area contributed by atoms with Crippen LogP contribution in [0.25, 0.3) is 0 Å². The molecule has 1 aliphatic rings. The lowest BCUT2D eigenvalue weighted by Crippen LogP contribution is -2.24. The summed E-state index contributed by atoms with van der Waals surface area (Å²) in [6, 6.07) is 5.96. The second-order valence-corrected chi connectivity index (χ2v) is 5.42. The van der Waals surface area contributed by atoms with E-state index in [-0.39, 0.29) is 11.9 Å². The molecule has 1 aromatic heterocycles. The monoisotopic (exact) mass is 285 g/mol. The number of carbonyl (C=O) groups excluding carboxylic acids is 1. The van der Waals surface area contributed by atoms with E-state index < -0.39 is 0 Å². The van der Waals surface area contributed by atoms with Gasteiger partial charge in [0.05, 0.1) is 17.9 Å². The Kier molecular flexibility index (Phi) is 3.51. The molecule has 0 spiro atoms. The molecule has 6 nitrogen and oxygen atoms in total. The molecule has 0 saturated heterocycles. The number of nitrogens with zero attached hydrogens (tertiary/aromatic N) is 2. The van der Waals surface area contributed by atoms with Crippen LogP contribution >= 0.6 is 0 Å². The first-order valence-corrected chi connectivity index (χ1v) is 7.08. The van der Waals surface area contributed by atoms with Gasteiger partial charge in [-0.15, -0.1) is 0 Å². The van der Waals surface area contributed by atoms with Gasteiger partial charge in [-0.1, -0.05) is 0 Å². The number of hydrogen-bond acceptors (Lipinski definition) is 4. The zero-order valence-electron chi connectivity index (χ0n) is 12.0. The van der Waals surface area contributed by atoms with Crippen molar-refractivity contribution in [2.75, 3.05) is 16.4 Å². The molecule has 1 aromatic carbocycles. The molecular weight excluding hydrogens is 266 g/mol. The van der Waals surface area contributed by atoms with Gasteiger partial charge >= 0.3 is 0 Å². The predicted molar refractivity (Wildman–Crippen MR) is 83.1 cm³/mol. The van der Waals surface area contributed by atoms with E-state index in [0.29, 0.717) is 12.1 Å². The summed E-state index contributed by atoms with van der Waals surface area (Å²) in [6.45, 7) is 2.85. The fourth-order valence-electron chi connectivity index (χ4n) is 2.57. The Morgan fingerprint density at radius 2 is 2.33 bits per heavy atom. The van der Waals surface area contributed by atoms with Crippen LogP contribution < -0.4 is 16.4 Å². The van der Waals surface area contributed by atoms with E-state index in [0.717, 1.165) is 29.9 Å². The molecule has 21 heavy (non-hydrogen) atoms. The first-order chi connectivity index (χ1) is 10.1. The van der Waals surface area contributed by atoms with Gasteiger partial charge in [-0.05, 0) is 37.1 Å². The Labute approximate surface area is 123 Å². The summed E-state index contributed by atoms with van der Waals surface area (Å²) in [5, 5.41) is 10.5. The second-order valence-electron chi connectivity index (χ2n) is 5.42. The average Bonchev–Trinajstić information content (AvgIpc) is 2.92. The van der Waals surface area contributed by atoms with Crippen LogP contribution in [0.15, 0.2) is 30.6 Å². The topological polar surface area (TPSA) is 85.0 Å². The van der Waals surface area contributed by atoms with Crippen LogP contribution in [-0.4, -0.2) is 21.7 Å². The van der Waals surface area contributed by atoms with Crippen LogP contribution in [0.2, 0.25) is 0 Å². The number of nitrogen functional groups attached to an aromatic ring is 1. The number of aryl methyl sites for hydroxylation is 1. The lowest BCUT2D eigenvalue weighted by atomic mass is 10.0. The van der Waals surface area contributed by atoms with Crippen molar-refractivity contribution < 1.29 is 4.79 Å². The van der Waals surface area contributed by atoms with Gasteiger partial charge in [-0.3, -0.25) is 9.48 Å². The highest BCUT2D eigenvalue weighted by atomic mass is 16.1. The maximum absolute atomic E-state index is 11.4. The van der Waals surface area contributed by atoms with Gasteiger partial charge in [0.15, 0.2) is 0 Å². The minimum Gasteiger partial charge on any atom is -0.397 e. The third-order valence-electron chi connectivity index (χ3n) is 3.59. The molecule has 2 aromatic rings. The summed E-state index contributed by atoms with van der Waals surface area (Å²) < 4.78 is 1.88. The molecule has 2 heterocycles. The van der Waals surface area contributed by atoms with Crippen LogP contribution in [0.4, 0.5) is 17.1 Å². The lowest BCUT2D eigenvalue weighted by molar-refractivity contribution is -0.116. The van der Waals surface area contributed by atoms with Crippen LogP contribution in [0, 0.1) is 0 Å². The first kappa shape index (κ1) is 13.5. The van der Waals surface area contributed by atoms with Gasteiger partial charge in [0.2, 0.25) is 5.91 Å². The molecular formula is C15H19N5O. The van der Waals surface area contributed by atoms with E-state index in [9.17, 15) is 4.79 Å². The number of nitrogens with one attached hydrogen (secondary N) is 2. The van der Waals surface area contributed by atoms with E-state index in [1.807, 2.05) is 29.1 Å². The minimum atomic E-state index is 0.0506. The Morgan fingerprint density at radius 1 is 1.48 bits per heavy atom. The fourth-order valence-corrected chi connectivity index (χ4v) is 2.57. The van der Waals surface area contributed by atoms with E-state index in [2.05, 4.69) is 22.7 Å².